The topological polar surface area (TPSA) is 65.4 Å². The zero-order valence-electron chi connectivity index (χ0n) is 19.8. The Morgan fingerprint density at radius 1 is 1.00 bits per heavy atom. The molecule has 4 aromatic rings. The number of carbonyl (C=O) groups excluding carboxylic acids is 1. The van der Waals surface area contributed by atoms with Gasteiger partial charge in [-0.1, -0.05) is 36.4 Å². The van der Waals surface area contributed by atoms with E-state index in [0.29, 0.717) is 18.7 Å². The van der Waals surface area contributed by atoms with Crippen molar-refractivity contribution < 1.29 is 13.6 Å². The maximum atomic E-state index is 13.5. The molecule has 0 radical (unpaired) electrons. The van der Waals surface area contributed by atoms with Crippen LogP contribution in [0.2, 0.25) is 0 Å². The number of amides is 1. The summed E-state index contributed by atoms with van der Waals surface area (Å²) >= 11 is 0. The third-order valence-corrected chi connectivity index (χ3v) is 6.93. The van der Waals surface area contributed by atoms with Crippen LogP contribution in [0.4, 0.5) is 5.69 Å². The Hall–Kier alpha value is -3.84. The van der Waals surface area contributed by atoms with Crippen molar-refractivity contribution in [2.24, 2.45) is 5.10 Å². The molecule has 2 aromatic carbocycles. The fourth-order valence-electron chi connectivity index (χ4n) is 5.04. The van der Waals surface area contributed by atoms with E-state index in [1.54, 1.807) is 11.3 Å². The number of nitrogens with zero attached hydrogens (tertiary/aromatic N) is 4. The van der Waals surface area contributed by atoms with Crippen LogP contribution in [0.25, 0.3) is 11.0 Å². The van der Waals surface area contributed by atoms with Crippen molar-refractivity contribution in [3.8, 4) is 0 Å². The van der Waals surface area contributed by atoms with Gasteiger partial charge in [0.1, 0.15) is 23.1 Å². The van der Waals surface area contributed by atoms with Crippen LogP contribution < -0.4 is 4.90 Å². The van der Waals surface area contributed by atoms with Crippen molar-refractivity contribution in [3.63, 3.8) is 0 Å². The van der Waals surface area contributed by atoms with E-state index < -0.39 is 0 Å². The molecule has 6 rings (SSSR count). The summed E-state index contributed by atoms with van der Waals surface area (Å²) in [6.07, 6.45) is 2.20. The van der Waals surface area contributed by atoms with E-state index in [9.17, 15) is 4.79 Å². The average Bonchev–Trinajstić information content (AvgIpc) is 3.64. The number of carbonyl (C=O) groups is 1. The van der Waals surface area contributed by atoms with Crippen LogP contribution in [-0.2, 0) is 4.79 Å². The predicted molar refractivity (Wildman–Crippen MR) is 135 cm³/mol. The SMILES string of the molecule is Cc1ccccc1N1CCN(CC(=O)N2N=C(c3cc4ccccc4o3)CC2c2ccco2)CC1. The van der Waals surface area contributed by atoms with Crippen LogP contribution in [0.15, 0.2) is 86.9 Å². The highest BCUT2D eigenvalue weighted by atomic mass is 16.3. The van der Waals surface area contributed by atoms with Crippen LogP contribution in [0.5, 0.6) is 0 Å². The minimum Gasteiger partial charge on any atom is -0.467 e. The van der Waals surface area contributed by atoms with Gasteiger partial charge in [0.2, 0.25) is 0 Å². The molecule has 1 fully saturated rings. The molecule has 178 valence electrons. The summed E-state index contributed by atoms with van der Waals surface area (Å²) in [5, 5.41) is 7.36. The van der Waals surface area contributed by atoms with Gasteiger partial charge in [0.25, 0.3) is 5.91 Å². The molecule has 1 unspecified atom stereocenters. The first-order valence-corrected chi connectivity index (χ1v) is 12.1. The van der Waals surface area contributed by atoms with Gasteiger partial charge in [0.05, 0.1) is 12.8 Å². The first-order chi connectivity index (χ1) is 17.2. The number of furan rings is 2. The van der Waals surface area contributed by atoms with Gasteiger partial charge in [-0.05, 0) is 42.8 Å². The highest BCUT2D eigenvalue weighted by Gasteiger charge is 2.36. The fourth-order valence-corrected chi connectivity index (χ4v) is 5.04. The van der Waals surface area contributed by atoms with E-state index in [-0.39, 0.29) is 11.9 Å². The maximum absolute atomic E-state index is 13.5. The monoisotopic (exact) mass is 468 g/mol. The van der Waals surface area contributed by atoms with Crippen LogP contribution in [0.3, 0.4) is 0 Å². The molecule has 2 aliphatic rings. The van der Waals surface area contributed by atoms with Crippen LogP contribution >= 0.6 is 0 Å². The van der Waals surface area contributed by atoms with E-state index in [4.69, 9.17) is 13.9 Å². The van der Waals surface area contributed by atoms with E-state index in [1.165, 1.54) is 11.3 Å². The Balaban J connectivity index is 1.18. The third kappa shape index (κ3) is 4.23. The molecule has 35 heavy (non-hydrogen) atoms. The molecular formula is C28H28N4O3. The molecule has 4 heterocycles. The first kappa shape index (κ1) is 21.7. The van der Waals surface area contributed by atoms with Gasteiger partial charge in [0, 0.05) is 43.7 Å². The van der Waals surface area contributed by atoms with Crippen molar-refractivity contribution in [3.05, 3.63) is 90.1 Å². The van der Waals surface area contributed by atoms with Gasteiger partial charge < -0.3 is 13.7 Å². The highest BCUT2D eigenvalue weighted by Crippen LogP contribution is 2.34. The molecule has 0 saturated carbocycles. The van der Waals surface area contributed by atoms with Crippen LogP contribution in [-0.4, -0.2) is 54.3 Å². The molecule has 2 aliphatic heterocycles. The number of hydrogen-bond donors (Lipinski definition) is 0. The highest BCUT2D eigenvalue weighted by molar-refractivity contribution is 6.03. The standard InChI is InChI=1S/C28H28N4O3/c1-20-7-2-4-9-23(20)31-14-12-30(13-15-31)19-28(33)32-24(26-11-6-16-34-26)18-22(29-32)27-17-21-8-3-5-10-25(21)35-27/h2-11,16-17,24H,12-15,18-19H2,1H3. The number of benzene rings is 2. The number of anilines is 1. The molecular weight excluding hydrogens is 440 g/mol. The summed E-state index contributed by atoms with van der Waals surface area (Å²) in [4.78, 5) is 18.1. The fraction of sp³-hybridized carbons (Fsp3) is 0.286. The van der Waals surface area contributed by atoms with Gasteiger partial charge in [-0.3, -0.25) is 9.69 Å². The van der Waals surface area contributed by atoms with Crippen LogP contribution in [0.1, 0.15) is 29.5 Å². The first-order valence-electron chi connectivity index (χ1n) is 12.1. The Kier molecular flexibility index (Phi) is 5.62. The normalized spacial score (nSPS) is 18.9. The Morgan fingerprint density at radius 2 is 1.80 bits per heavy atom. The number of rotatable bonds is 5. The smallest absolute Gasteiger partial charge is 0.257 e. The average molecular weight is 469 g/mol. The molecule has 0 bridgehead atoms. The predicted octanol–water partition coefficient (Wildman–Crippen LogP) is 4.83. The van der Waals surface area contributed by atoms with E-state index in [1.807, 2.05) is 42.5 Å². The summed E-state index contributed by atoms with van der Waals surface area (Å²) in [7, 11) is 0. The molecule has 1 amide bonds. The van der Waals surface area contributed by atoms with Gasteiger partial charge in [0.15, 0.2) is 5.76 Å². The lowest BCUT2D eigenvalue weighted by atomic mass is 10.1. The minimum absolute atomic E-state index is 0.0261. The maximum Gasteiger partial charge on any atom is 0.257 e. The number of piperazine rings is 1. The van der Waals surface area contributed by atoms with Gasteiger partial charge in [-0.25, -0.2) is 5.01 Å². The molecule has 7 nitrogen and oxygen atoms in total. The Labute approximate surface area is 204 Å². The summed E-state index contributed by atoms with van der Waals surface area (Å²) in [5.41, 5.74) is 4.13. The largest absolute Gasteiger partial charge is 0.467 e. The van der Waals surface area contributed by atoms with Crippen molar-refractivity contribution >= 4 is 28.3 Å². The van der Waals surface area contributed by atoms with E-state index in [0.717, 1.165) is 48.6 Å². The van der Waals surface area contributed by atoms with Crippen molar-refractivity contribution in [2.45, 2.75) is 19.4 Å². The van der Waals surface area contributed by atoms with Crippen molar-refractivity contribution in [1.29, 1.82) is 0 Å². The summed E-state index contributed by atoms with van der Waals surface area (Å²) in [5.74, 6) is 1.41. The number of fused-ring (bicyclic) bond motifs is 1. The lowest BCUT2D eigenvalue weighted by Gasteiger charge is -2.37. The molecule has 1 saturated heterocycles. The Bertz CT molecular complexity index is 1330. The molecule has 0 aliphatic carbocycles. The van der Waals surface area contributed by atoms with Gasteiger partial charge in [-0.2, -0.15) is 5.10 Å². The number of hydrogen-bond acceptors (Lipinski definition) is 6. The molecule has 7 heteroatoms. The second kappa shape index (κ2) is 9.07. The summed E-state index contributed by atoms with van der Waals surface area (Å²) in [6, 6.07) is 21.8. The van der Waals surface area contributed by atoms with Crippen LogP contribution in [0, 0.1) is 6.92 Å². The second-order valence-corrected chi connectivity index (χ2v) is 9.22. The molecule has 1 atom stereocenters. The third-order valence-electron chi connectivity index (χ3n) is 6.93. The van der Waals surface area contributed by atoms with Gasteiger partial charge in [-0.15, -0.1) is 0 Å². The van der Waals surface area contributed by atoms with Gasteiger partial charge >= 0.3 is 0 Å². The van der Waals surface area contributed by atoms with E-state index >= 15 is 0 Å². The molecule has 0 spiro atoms. The van der Waals surface area contributed by atoms with Crippen molar-refractivity contribution in [1.82, 2.24) is 9.91 Å². The zero-order chi connectivity index (χ0) is 23.8. The Morgan fingerprint density at radius 3 is 2.57 bits per heavy atom. The lowest BCUT2D eigenvalue weighted by Crippen LogP contribution is -2.49. The number of para-hydroxylation sites is 2. The quantitative estimate of drug-likeness (QED) is 0.420. The lowest BCUT2D eigenvalue weighted by molar-refractivity contribution is -0.134. The minimum atomic E-state index is -0.269. The number of hydrazone groups is 1. The van der Waals surface area contributed by atoms with Crippen molar-refractivity contribution in [2.75, 3.05) is 37.6 Å². The molecule has 2 aromatic heterocycles. The zero-order valence-corrected chi connectivity index (χ0v) is 19.8. The summed E-state index contributed by atoms with van der Waals surface area (Å²) in [6.45, 7) is 5.93. The van der Waals surface area contributed by atoms with E-state index in [2.05, 4.69) is 41.0 Å². The molecule has 0 N–H and O–H groups in total. The number of aryl methyl sites for hydroxylation is 1. The summed E-state index contributed by atoms with van der Waals surface area (Å²) < 4.78 is 11.7. The second-order valence-electron chi connectivity index (χ2n) is 9.22.